The zero-order chi connectivity index (χ0) is 19.0. The molecule has 0 spiro atoms. The zero-order valence-corrected chi connectivity index (χ0v) is 15.2. The number of halogens is 3. The Bertz CT molecular complexity index is 751. The van der Waals surface area contributed by atoms with Gasteiger partial charge in [0.05, 0.1) is 11.3 Å². The van der Waals surface area contributed by atoms with Crippen LogP contribution in [0.5, 0.6) is 0 Å². The summed E-state index contributed by atoms with van der Waals surface area (Å²) in [6, 6.07) is 4.82. The second kappa shape index (κ2) is 6.63. The van der Waals surface area contributed by atoms with Gasteiger partial charge in [-0.05, 0) is 35.8 Å². The lowest BCUT2D eigenvalue weighted by atomic mass is 9.94. The van der Waals surface area contributed by atoms with Crippen LogP contribution in [0.25, 0.3) is 0 Å². The number of nitrogens with one attached hydrogen (secondary N) is 1. The number of hydrogen-bond donors (Lipinski definition) is 1. The van der Waals surface area contributed by atoms with Crippen molar-refractivity contribution in [3.63, 3.8) is 0 Å². The molecule has 1 aliphatic carbocycles. The van der Waals surface area contributed by atoms with Gasteiger partial charge >= 0.3 is 6.18 Å². The van der Waals surface area contributed by atoms with Gasteiger partial charge in [-0.1, -0.05) is 39.0 Å². The summed E-state index contributed by atoms with van der Waals surface area (Å²) in [5.74, 6) is -1.78. The topological polar surface area (TPSA) is 63.2 Å². The smallest absolute Gasteiger partial charge is 0.274 e. The maximum absolute atomic E-state index is 12.8. The molecule has 8 heteroatoms. The summed E-state index contributed by atoms with van der Waals surface area (Å²) in [5.41, 5.74) is -0.547. The summed E-state index contributed by atoms with van der Waals surface area (Å²) in [5, 5.41) is 0. The standard InChI is InChI=1S/C17H22F3NO3S/c1-16(2,3)7-8-25(23,24)21-15(22)14-10-13(14)11-5-4-6-12(9-11)17(18,19)20/h4-6,9,13-14H,7-8,10H2,1-3H3,(H,21,22). The highest BCUT2D eigenvalue weighted by Crippen LogP contribution is 2.48. The first-order valence-electron chi connectivity index (χ1n) is 8.00. The molecule has 2 unspecified atom stereocenters. The first kappa shape index (κ1) is 19.8. The van der Waals surface area contributed by atoms with Crippen LogP contribution in [0.15, 0.2) is 24.3 Å². The molecule has 0 saturated heterocycles. The Balaban J connectivity index is 1.98. The lowest BCUT2D eigenvalue weighted by molar-refractivity contribution is -0.137. The normalized spacial score (nSPS) is 21.0. The Morgan fingerprint density at radius 3 is 2.44 bits per heavy atom. The molecule has 2 atom stereocenters. The summed E-state index contributed by atoms with van der Waals surface area (Å²) in [6.45, 7) is 5.69. The fourth-order valence-corrected chi connectivity index (χ4v) is 3.96. The fourth-order valence-electron chi connectivity index (χ4n) is 2.52. The summed E-state index contributed by atoms with van der Waals surface area (Å²) < 4.78 is 64.2. The molecule has 25 heavy (non-hydrogen) atoms. The Hall–Kier alpha value is -1.57. The van der Waals surface area contributed by atoms with E-state index in [9.17, 15) is 26.4 Å². The molecule has 1 aromatic carbocycles. The van der Waals surface area contributed by atoms with Gasteiger partial charge in [0.1, 0.15) is 0 Å². The zero-order valence-electron chi connectivity index (χ0n) is 14.4. The number of alkyl halides is 3. The fraction of sp³-hybridized carbons (Fsp3) is 0.588. The summed E-state index contributed by atoms with van der Waals surface area (Å²) in [4.78, 5) is 12.1. The van der Waals surface area contributed by atoms with E-state index in [0.717, 1.165) is 12.1 Å². The number of carbonyl (C=O) groups is 1. The molecule has 1 amide bonds. The van der Waals surface area contributed by atoms with Gasteiger partial charge in [0.15, 0.2) is 0 Å². The quantitative estimate of drug-likeness (QED) is 0.851. The first-order valence-corrected chi connectivity index (χ1v) is 9.65. The van der Waals surface area contributed by atoms with Crippen molar-refractivity contribution >= 4 is 15.9 Å². The molecule has 1 fully saturated rings. The monoisotopic (exact) mass is 377 g/mol. The summed E-state index contributed by atoms with van der Waals surface area (Å²) in [7, 11) is -3.74. The number of carbonyl (C=O) groups excluding carboxylic acids is 1. The van der Waals surface area contributed by atoms with Gasteiger partial charge in [0, 0.05) is 5.92 Å². The Labute approximate surface area is 145 Å². The minimum Gasteiger partial charge on any atom is -0.274 e. The van der Waals surface area contributed by atoms with Gasteiger partial charge in [-0.3, -0.25) is 9.52 Å². The van der Waals surface area contributed by atoms with E-state index in [0.29, 0.717) is 18.4 Å². The lowest BCUT2D eigenvalue weighted by Crippen LogP contribution is -2.35. The minimum absolute atomic E-state index is 0.164. The second-order valence-electron chi connectivity index (χ2n) is 7.67. The lowest BCUT2D eigenvalue weighted by Gasteiger charge is -2.17. The van der Waals surface area contributed by atoms with Crippen molar-refractivity contribution in [2.75, 3.05) is 5.75 Å². The van der Waals surface area contributed by atoms with Gasteiger partial charge in [-0.2, -0.15) is 13.2 Å². The van der Waals surface area contributed by atoms with Crippen molar-refractivity contribution in [1.82, 2.24) is 4.72 Å². The number of sulfonamides is 1. The second-order valence-corrected chi connectivity index (χ2v) is 9.51. The molecule has 0 heterocycles. The van der Waals surface area contributed by atoms with Crippen molar-refractivity contribution in [1.29, 1.82) is 0 Å². The van der Waals surface area contributed by atoms with Crippen molar-refractivity contribution in [2.45, 2.75) is 45.7 Å². The van der Waals surface area contributed by atoms with Gasteiger partial charge < -0.3 is 0 Å². The van der Waals surface area contributed by atoms with Crippen LogP contribution >= 0.6 is 0 Å². The average Bonchev–Trinajstić information content (AvgIpc) is 3.24. The van der Waals surface area contributed by atoms with E-state index in [2.05, 4.69) is 0 Å². The highest BCUT2D eigenvalue weighted by molar-refractivity contribution is 7.90. The molecule has 2 rings (SSSR count). The van der Waals surface area contributed by atoms with Crippen molar-refractivity contribution in [3.05, 3.63) is 35.4 Å². The Morgan fingerprint density at radius 2 is 1.88 bits per heavy atom. The van der Waals surface area contributed by atoms with E-state index in [4.69, 9.17) is 0 Å². The van der Waals surface area contributed by atoms with E-state index in [-0.39, 0.29) is 17.1 Å². The van der Waals surface area contributed by atoms with Crippen LogP contribution in [0, 0.1) is 11.3 Å². The predicted molar refractivity (Wildman–Crippen MR) is 88.3 cm³/mol. The third-order valence-corrected chi connectivity index (χ3v) is 5.40. The predicted octanol–water partition coefficient (Wildman–Crippen LogP) is 3.69. The van der Waals surface area contributed by atoms with E-state index >= 15 is 0 Å². The van der Waals surface area contributed by atoms with Crippen molar-refractivity contribution in [2.24, 2.45) is 11.3 Å². The van der Waals surface area contributed by atoms with Crippen LogP contribution in [0.4, 0.5) is 13.2 Å². The molecule has 0 bridgehead atoms. The summed E-state index contributed by atoms with van der Waals surface area (Å²) in [6.07, 6.45) is -3.70. The Kier molecular flexibility index (Phi) is 5.23. The number of amides is 1. The third kappa shape index (κ3) is 5.73. The van der Waals surface area contributed by atoms with E-state index in [1.54, 1.807) is 0 Å². The molecule has 0 aromatic heterocycles. The van der Waals surface area contributed by atoms with E-state index in [1.165, 1.54) is 12.1 Å². The highest BCUT2D eigenvalue weighted by Gasteiger charge is 2.45. The third-order valence-electron chi connectivity index (χ3n) is 4.15. The van der Waals surface area contributed by atoms with Crippen LogP contribution in [-0.2, 0) is 21.0 Å². The van der Waals surface area contributed by atoms with E-state index < -0.39 is 33.6 Å². The van der Waals surface area contributed by atoms with E-state index in [1.807, 2.05) is 25.5 Å². The molecule has 0 aliphatic heterocycles. The average molecular weight is 377 g/mol. The molecular weight excluding hydrogens is 355 g/mol. The van der Waals surface area contributed by atoms with Gasteiger partial charge in [0.2, 0.25) is 15.9 Å². The van der Waals surface area contributed by atoms with Crippen LogP contribution in [0.3, 0.4) is 0 Å². The SMILES string of the molecule is CC(C)(C)CCS(=O)(=O)NC(=O)C1CC1c1cccc(C(F)(F)F)c1. The molecule has 1 aliphatic rings. The maximum Gasteiger partial charge on any atom is 0.416 e. The molecule has 1 N–H and O–H groups in total. The Morgan fingerprint density at radius 1 is 1.24 bits per heavy atom. The van der Waals surface area contributed by atoms with Crippen LogP contribution in [0.1, 0.15) is 50.7 Å². The molecule has 140 valence electrons. The minimum atomic E-state index is -4.45. The van der Waals surface area contributed by atoms with Crippen LogP contribution in [0.2, 0.25) is 0 Å². The summed E-state index contributed by atoms with van der Waals surface area (Å²) >= 11 is 0. The number of rotatable bonds is 5. The molecular formula is C17H22F3NO3S. The number of hydrogen-bond acceptors (Lipinski definition) is 3. The van der Waals surface area contributed by atoms with Crippen LogP contribution in [-0.4, -0.2) is 20.1 Å². The maximum atomic E-state index is 12.8. The molecule has 1 aromatic rings. The van der Waals surface area contributed by atoms with Gasteiger partial charge in [-0.15, -0.1) is 0 Å². The molecule has 1 saturated carbocycles. The molecule has 4 nitrogen and oxygen atoms in total. The van der Waals surface area contributed by atoms with Gasteiger partial charge in [0.25, 0.3) is 0 Å². The van der Waals surface area contributed by atoms with Crippen molar-refractivity contribution in [3.8, 4) is 0 Å². The molecule has 0 radical (unpaired) electrons. The largest absolute Gasteiger partial charge is 0.416 e. The first-order chi connectivity index (χ1) is 11.3. The van der Waals surface area contributed by atoms with Gasteiger partial charge in [-0.25, -0.2) is 8.42 Å². The number of benzene rings is 1. The van der Waals surface area contributed by atoms with Crippen LogP contribution < -0.4 is 4.72 Å². The highest BCUT2D eigenvalue weighted by atomic mass is 32.2. The van der Waals surface area contributed by atoms with Crippen molar-refractivity contribution < 1.29 is 26.4 Å².